The fourth-order valence-electron chi connectivity index (χ4n) is 1.78. The summed E-state index contributed by atoms with van der Waals surface area (Å²) in [7, 11) is 2.73. The molecular formula is C14H12F5N3O4. The number of aromatic nitrogens is 2. The van der Waals surface area contributed by atoms with Gasteiger partial charge in [-0.3, -0.25) is 4.79 Å². The van der Waals surface area contributed by atoms with Gasteiger partial charge in [0, 0.05) is 12.6 Å². The van der Waals surface area contributed by atoms with Gasteiger partial charge in [-0.15, -0.1) is 0 Å². The van der Waals surface area contributed by atoms with Crippen molar-refractivity contribution in [2.24, 2.45) is 12.8 Å². The van der Waals surface area contributed by atoms with E-state index in [4.69, 9.17) is 15.6 Å². The summed E-state index contributed by atoms with van der Waals surface area (Å²) in [4.78, 5) is 23.7. The highest BCUT2D eigenvalue weighted by Gasteiger charge is 2.38. The molecule has 26 heavy (non-hydrogen) atoms. The van der Waals surface area contributed by atoms with Crippen LogP contribution < -0.4 is 10.5 Å². The van der Waals surface area contributed by atoms with Gasteiger partial charge in [-0.05, 0) is 12.1 Å². The molecule has 0 fully saturated rings. The maximum Gasteiger partial charge on any atom is 0.490 e. The first-order chi connectivity index (χ1) is 11.9. The minimum Gasteiger partial charge on any atom is -0.494 e. The number of carboxylic acid groups (broad SMARTS) is 1. The first-order valence-electron chi connectivity index (χ1n) is 6.55. The Hall–Kier alpha value is -3.18. The predicted octanol–water partition coefficient (Wildman–Crippen LogP) is 2.11. The molecule has 0 saturated heterocycles. The third-order valence-electron chi connectivity index (χ3n) is 2.99. The molecule has 7 nitrogen and oxygen atoms in total. The number of rotatable bonds is 3. The van der Waals surface area contributed by atoms with E-state index in [0.717, 1.165) is 0 Å². The number of aliphatic carboxylic acids is 1. The Kier molecular flexibility index (Phi) is 6.26. The molecule has 142 valence electrons. The number of methoxy groups -OCH3 is 1. The molecule has 1 aromatic heterocycles. The van der Waals surface area contributed by atoms with E-state index in [1.165, 1.54) is 37.1 Å². The molecule has 0 aliphatic heterocycles. The number of hydrogen-bond donors (Lipinski definition) is 2. The maximum absolute atomic E-state index is 13.9. The smallest absolute Gasteiger partial charge is 0.490 e. The average Bonchev–Trinajstić information content (AvgIpc) is 2.91. The number of amides is 1. The van der Waals surface area contributed by atoms with E-state index in [1.807, 2.05) is 0 Å². The number of alkyl halides is 3. The normalized spacial score (nSPS) is 10.7. The zero-order valence-corrected chi connectivity index (χ0v) is 13.3. The van der Waals surface area contributed by atoms with Gasteiger partial charge in [0.15, 0.2) is 17.4 Å². The molecule has 2 aromatic rings. The number of benzene rings is 1. The van der Waals surface area contributed by atoms with Crippen LogP contribution in [0.4, 0.5) is 22.0 Å². The van der Waals surface area contributed by atoms with E-state index in [2.05, 4.69) is 9.72 Å². The largest absolute Gasteiger partial charge is 0.494 e. The van der Waals surface area contributed by atoms with E-state index in [1.54, 1.807) is 0 Å². The predicted molar refractivity (Wildman–Crippen MR) is 77.3 cm³/mol. The molecule has 1 aromatic carbocycles. The van der Waals surface area contributed by atoms with Crippen LogP contribution >= 0.6 is 0 Å². The Labute approximate surface area is 142 Å². The van der Waals surface area contributed by atoms with Crippen LogP contribution in [0.1, 0.15) is 10.6 Å². The lowest BCUT2D eigenvalue weighted by atomic mass is 10.1. The molecule has 3 N–H and O–H groups in total. The van der Waals surface area contributed by atoms with Gasteiger partial charge in [0.1, 0.15) is 0 Å². The summed E-state index contributed by atoms with van der Waals surface area (Å²) in [6.07, 6.45) is -3.83. The number of imidazole rings is 1. The van der Waals surface area contributed by atoms with Crippen LogP contribution in [0.3, 0.4) is 0 Å². The molecule has 1 heterocycles. The molecule has 0 radical (unpaired) electrons. The lowest BCUT2D eigenvalue weighted by molar-refractivity contribution is -0.192. The zero-order valence-electron chi connectivity index (χ0n) is 13.3. The average molecular weight is 381 g/mol. The van der Waals surface area contributed by atoms with Crippen LogP contribution in [0, 0.1) is 11.6 Å². The molecule has 0 saturated carbocycles. The van der Waals surface area contributed by atoms with Gasteiger partial charge in [0.2, 0.25) is 5.82 Å². The van der Waals surface area contributed by atoms with E-state index in [9.17, 15) is 26.7 Å². The summed E-state index contributed by atoms with van der Waals surface area (Å²) < 4.78 is 65.3. The number of ether oxygens (including phenoxy) is 1. The standard InChI is InChI=1S/C12H11F2N3O2.C2HF3O2/c1-17-7(5-16-12(17)11(15)18)6-3-4-8(19-2)10(14)9(6)13;3-2(4,5)1(6)7/h3-5H,1-2H3,(H2,15,18);(H,6,7). The Balaban J connectivity index is 0.000000412. The summed E-state index contributed by atoms with van der Waals surface area (Å²) >= 11 is 0. The van der Waals surface area contributed by atoms with Crippen molar-refractivity contribution in [2.75, 3.05) is 7.11 Å². The van der Waals surface area contributed by atoms with Crippen molar-refractivity contribution in [3.05, 3.63) is 35.8 Å². The molecule has 0 aliphatic rings. The second-order valence-electron chi connectivity index (χ2n) is 4.64. The highest BCUT2D eigenvalue weighted by atomic mass is 19.4. The van der Waals surface area contributed by atoms with Crippen LogP contribution in [0.25, 0.3) is 11.3 Å². The van der Waals surface area contributed by atoms with E-state index >= 15 is 0 Å². The van der Waals surface area contributed by atoms with Crippen molar-refractivity contribution >= 4 is 11.9 Å². The molecular weight excluding hydrogens is 369 g/mol. The molecule has 1 amide bonds. The van der Waals surface area contributed by atoms with E-state index in [0.29, 0.717) is 0 Å². The highest BCUT2D eigenvalue weighted by molar-refractivity contribution is 5.90. The highest BCUT2D eigenvalue weighted by Crippen LogP contribution is 2.29. The van der Waals surface area contributed by atoms with Gasteiger partial charge in [-0.25, -0.2) is 14.2 Å². The molecule has 0 spiro atoms. The van der Waals surface area contributed by atoms with Crippen molar-refractivity contribution in [3.63, 3.8) is 0 Å². The second-order valence-corrected chi connectivity index (χ2v) is 4.64. The van der Waals surface area contributed by atoms with Crippen LogP contribution in [0.5, 0.6) is 5.75 Å². The van der Waals surface area contributed by atoms with Gasteiger partial charge in [0.05, 0.1) is 19.0 Å². The molecule has 0 unspecified atom stereocenters. The Morgan fingerprint density at radius 1 is 1.23 bits per heavy atom. The number of carbonyl (C=O) groups excluding carboxylic acids is 1. The Morgan fingerprint density at radius 3 is 2.15 bits per heavy atom. The van der Waals surface area contributed by atoms with Crippen LogP contribution in [-0.4, -0.2) is 39.8 Å². The summed E-state index contributed by atoms with van der Waals surface area (Å²) in [5.41, 5.74) is 5.33. The molecule has 2 rings (SSSR count). The van der Waals surface area contributed by atoms with E-state index < -0.39 is 29.7 Å². The van der Waals surface area contributed by atoms with Gasteiger partial charge >= 0.3 is 12.1 Å². The lowest BCUT2D eigenvalue weighted by Gasteiger charge is -2.08. The number of carboxylic acids is 1. The maximum atomic E-state index is 13.9. The third-order valence-corrected chi connectivity index (χ3v) is 2.99. The SMILES string of the molecule is COc1ccc(-c2cnc(C(N)=O)n2C)c(F)c1F.O=C(O)C(F)(F)F. The van der Waals surface area contributed by atoms with Crippen molar-refractivity contribution in [3.8, 4) is 17.0 Å². The van der Waals surface area contributed by atoms with Crippen LogP contribution in [-0.2, 0) is 11.8 Å². The van der Waals surface area contributed by atoms with Crippen molar-refractivity contribution in [2.45, 2.75) is 6.18 Å². The van der Waals surface area contributed by atoms with Crippen molar-refractivity contribution in [1.29, 1.82) is 0 Å². The minimum absolute atomic E-state index is 0.0270. The first-order valence-corrected chi connectivity index (χ1v) is 6.55. The quantitative estimate of drug-likeness (QED) is 0.792. The van der Waals surface area contributed by atoms with Crippen LogP contribution in [0.15, 0.2) is 18.3 Å². The number of hydrogen-bond acceptors (Lipinski definition) is 4. The van der Waals surface area contributed by atoms with Crippen molar-refractivity contribution in [1.82, 2.24) is 9.55 Å². The molecule has 0 aliphatic carbocycles. The summed E-state index contributed by atoms with van der Waals surface area (Å²) in [6, 6.07) is 2.64. The first kappa shape index (κ1) is 20.9. The van der Waals surface area contributed by atoms with Crippen LogP contribution in [0.2, 0.25) is 0 Å². The zero-order chi connectivity index (χ0) is 20.2. The van der Waals surface area contributed by atoms with Gasteiger partial charge in [0.25, 0.3) is 5.91 Å². The topological polar surface area (TPSA) is 107 Å². The number of carbonyl (C=O) groups is 2. The summed E-state index contributed by atoms with van der Waals surface area (Å²) in [6.45, 7) is 0. The summed E-state index contributed by atoms with van der Waals surface area (Å²) in [5.74, 6) is -5.90. The van der Waals surface area contributed by atoms with E-state index in [-0.39, 0.29) is 22.8 Å². The number of primary amides is 1. The minimum atomic E-state index is -5.08. The Morgan fingerprint density at radius 2 is 1.77 bits per heavy atom. The summed E-state index contributed by atoms with van der Waals surface area (Å²) in [5, 5.41) is 7.12. The van der Waals surface area contributed by atoms with Gasteiger partial charge in [-0.1, -0.05) is 0 Å². The van der Waals surface area contributed by atoms with Gasteiger partial charge < -0.3 is 20.1 Å². The lowest BCUT2D eigenvalue weighted by Crippen LogP contribution is -2.21. The number of nitrogens with two attached hydrogens (primary N) is 1. The fourth-order valence-corrected chi connectivity index (χ4v) is 1.78. The molecule has 0 atom stereocenters. The Bertz CT molecular complexity index is 833. The number of nitrogens with zero attached hydrogens (tertiary/aromatic N) is 2. The molecule has 12 heteroatoms. The third kappa shape index (κ3) is 4.46. The monoisotopic (exact) mass is 381 g/mol. The van der Waals surface area contributed by atoms with Crippen molar-refractivity contribution < 1.29 is 41.4 Å². The fraction of sp³-hybridized carbons (Fsp3) is 0.214. The second kappa shape index (κ2) is 7.80. The number of halogens is 5. The van der Waals surface area contributed by atoms with Gasteiger partial charge in [-0.2, -0.15) is 17.6 Å². The molecule has 0 bridgehead atoms.